The van der Waals surface area contributed by atoms with Crippen LogP contribution in [0.2, 0.25) is 5.15 Å². The number of nitrogens with zero attached hydrogens (tertiary/aromatic N) is 2. The Kier molecular flexibility index (Phi) is 3.38. The predicted molar refractivity (Wildman–Crippen MR) is 66.5 cm³/mol. The lowest BCUT2D eigenvalue weighted by Crippen LogP contribution is -1.99. The zero-order valence-electron chi connectivity index (χ0n) is 9.61. The first-order chi connectivity index (χ1) is 8.06. The topological polar surface area (TPSA) is 25.8 Å². The molecule has 0 bridgehead atoms. The Morgan fingerprint density at radius 1 is 1.12 bits per heavy atom. The van der Waals surface area contributed by atoms with E-state index in [2.05, 4.69) is 9.97 Å². The van der Waals surface area contributed by atoms with Gasteiger partial charge in [-0.1, -0.05) is 25.4 Å². The molecule has 0 aliphatic rings. The summed E-state index contributed by atoms with van der Waals surface area (Å²) in [5.41, 5.74) is 1.55. The van der Waals surface area contributed by atoms with Crippen LogP contribution in [0.1, 0.15) is 25.6 Å². The van der Waals surface area contributed by atoms with E-state index in [1.54, 1.807) is 18.2 Å². The van der Waals surface area contributed by atoms with E-state index in [-0.39, 0.29) is 11.7 Å². The highest BCUT2D eigenvalue weighted by molar-refractivity contribution is 6.29. The van der Waals surface area contributed by atoms with Crippen LogP contribution in [-0.4, -0.2) is 9.97 Å². The first-order valence-corrected chi connectivity index (χ1v) is 5.74. The lowest BCUT2D eigenvalue weighted by atomic mass is 10.1. The molecule has 0 amide bonds. The highest BCUT2D eigenvalue weighted by Gasteiger charge is 2.08. The summed E-state index contributed by atoms with van der Waals surface area (Å²) in [6.07, 6.45) is 0. The molecule has 0 fully saturated rings. The van der Waals surface area contributed by atoms with Crippen LogP contribution in [0, 0.1) is 5.82 Å². The molecule has 0 spiro atoms. The molecule has 0 radical (unpaired) electrons. The molecule has 2 rings (SSSR count). The minimum atomic E-state index is -0.266. The molecule has 1 aromatic carbocycles. The molecule has 88 valence electrons. The van der Waals surface area contributed by atoms with E-state index in [1.165, 1.54) is 12.1 Å². The van der Waals surface area contributed by atoms with Crippen LogP contribution in [0.3, 0.4) is 0 Å². The summed E-state index contributed by atoms with van der Waals surface area (Å²) in [5.74, 6) is 0.628. The molecule has 0 saturated heterocycles. The Morgan fingerprint density at radius 2 is 1.76 bits per heavy atom. The molecule has 0 atom stereocenters. The Labute approximate surface area is 104 Å². The zero-order chi connectivity index (χ0) is 12.4. The second-order valence-corrected chi connectivity index (χ2v) is 4.48. The van der Waals surface area contributed by atoms with Gasteiger partial charge in [0.15, 0.2) is 0 Å². The molecule has 1 aromatic heterocycles. The number of aromatic nitrogens is 2. The Morgan fingerprint density at radius 3 is 2.35 bits per heavy atom. The van der Waals surface area contributed by atoms with E-state index in [0.29, 0.717) is 16.7 Å². The minimum Gasteiger partial charge on any atom is -0.233 e. The van der Waals surface area contributed by atoms with Crippen molar-refractivity contribution in [3.8, 4) is 11.3 Å². The molecule has 0 aliphatic heterocycles. The van der Waals surface area contributed by atoms with Crippen molar-refractivity contribution in [3.63, 3.8) is 0 Å². The summed E-state index contributed by atoms with van der Waals surface area (Å²) in [4.78, 5) is 8.57. The van der Waals surface area contributed by atoms with Gasteiger partial charge in [-0.05, 0) is 24.3 Å². The minimum absolute atomic E-state index is 0.202. The summed E-state index contributed by atoms with van der Waals surface area (Å²) in [6.45, 7) is 4.00. The largest absolute Gasteiger partial charge is 0.233 e. The van der Waals surface area contributed by atoms with E-state index < -0.39 is 0 Å². The van der Waals surface area contributed by atoms with E-state index in [0.717, 1.165) is 5.56 Å². The molecule has 0 saturated carbocycles. The van der Waals surface area contributed by atoms with Crippen LogP contribution < -0.4 is 0 Å². The highest BCUT2D eigenvalue weighted by Crippen LogP contribution is 2.22. The molecular formula is C13H12ClFN2. The van der Waals surface area contributed by atoms with Crippen LogP contribution in [0.4, 0.5) is 4.39 Å². The molecule has 2 nitrogen and oxygen atoms in total. The van der Waals surface area contributed by atoms with Gasteiger partial charge in [0.2, 0.25) is 0 Å². The van der Waals surface area contributed by atoms with Gasteiger partial charge in [0.05, 0.1) is 5.69 Å². The number of rotatable bonds is 2. The van der Waals surface area contributed by atoms with Crippen molar-refractivity contribution < 1.29 is 4.39 Å². The number of hydrogen-bond donors (Lipinski definition) is 0. The van der Waals surface area contributed by atoms with Gasteiger partial charge in [0.1, 0.15) is 16.8 Å². The van der Waals surface area contributed by atoms with Crippen molar-refractivity contribution in [2.24, 2.45) is 0 Å². The highest BCUT2D eigenvalue weighted by atomic mass is 35.5. The maximum Gasteiger partial charge on any atom is 0.133 e. The summed E-state index contributed by atoms with van der Waals surface area (Å²) >= 11 is 5.95. The fourth-order valence-electron chi connectivity index (χ4n) is 1.46. The molecule has 17 heavy (non-hydrogen) atoms. The van der Waals surface area contributed by atoms with Crippen molar-refractivity contribution in [2.45, 2.75) is 19.8 Å². The van der Waals surface area contributed by atoms with Gasteiger partial charge in [-0.3, -0.25) is 0 Å². The van der Waals surface area contributed by atoms with Gasteiger partial charge in [0.25, 0.3) is 0 Å². The van der Waals surface area contributed by atoms with Crippen molar-refractivity contribution in [2.75, 3.05) is 0 Å². The van der Waals surface area contributed by atoms with Gasteiger partial charge >= 0.3 is 0 Å². The summed E-state index contributed by atoms with van der Waals surface area (Å²) in [6, 6.07) is 7.84. The average Bonchev–Trinajstić information content (AvgIpc) is 2.29. The summed E-state index contributed by atoms with van der Waals surface area (Å²) < 4.78 is 12.8. The average molecular weight is 251 g/mol. The van der Waals surface area contributed by atoms with Crippen molar-refractivity contribution in [1.29, 1.82) is 0 Å². The summed E-state index contributed by atoms with van der Waals surface area (Å²) in [7, 11) is 0. The number of halogens is 2. The third-order valence-corrected chi connectivity index (χ3v) is 2.56. The standard InChI is InChI=1S/C13H12ClFN2/c1-8(2)13-16-11(7-12(14)17-13)9-3-5-10(15)6-4-9/h3-8H,1-2H3. The van der Waals surface area contributed by atoms with Crippen LogP contribution in [-0.2, 0) is 0 Å². The van der Waals surface area contributed by atoms with Gasteiger partial charge in [0, 0.05) is 17.5 Å². The first kappa shape index (κ1) is 12.0. The van der Waals surface area contributed by atoms with Crippen molar-refractivity contribution in [1.82, 2.24) is 9.97 Å². The lowest BCUT2D eigenvalue weighted by Gasteiger charge is -2.07. The van der Waals surface area contributed by atoms with Crippen LogP contribution in [0.15, 0.2) is 30.3 Å². The van der Waals surface area contributed by atoms with Gasteiger partial charge in [-0.15, -0.1) is 0 Å². The molecule has 0 unspecified atom stereocenters. The van der Waals surface area contributed by atoms with Gasteiger partial charge < -0.3 is 0 Å². The van der Waals surface area contributed by atoms with Gasteiger partial charge in [-0.25, -0.2) is 14.4 Å². The lowest BCUT2D eigenvalue weighted by molar-refractivity contribution is 0.628. The van der Waals surface area contributed by atoms with Crippen LogP contribution >= 0.6 is 11.6 Å². The molecule has 0 aliphatic carbocycles. The SMILES string of the molecule is CC(C)c1nc(Cl)cc(-c2ccc(F)cc2)n1. The third-order valence-electron chi connectivity index (χ3n) is 2.37. The van der Waals surface area contributed by atoms with Crippen LogP contribution in [0.5, 0.6) is 0 Å². The van der Waals surface area contributed by atoms with Crippen molar-refractivity contribution in [3.05, 3.63) is 47.1 Å². The maximum absolute atomic E-state index is 12.8. The molecule has 1 heterocycles. The Balaban J connectivity index is 2.48. The number of hydrogen-bond acceptors (Lipinski definition) is 2. The molecular weight excluding hydrogens is 239 g/mol. The van der Waals surface area contributed by atoms with E-state index in [9.17, 15) is 4.39 Å². The quantitative estimate of drug-likeness (QED) is 0.751. The number of benzene rings is 1. The first-order valence-electron chi connectivity index (χ1n) is 5.36. The monoisotopic (exact) mass is 250 g/mol. The second-order valence-electron chi connectivity index (χ2n) is 4.10. The van der Waals surface area contributed by atoms with E-state index in [4.69, 9.17) is 11.6 Å². The summed E-state index contributed by atoms with van der Waals surface area (Å²) in [5, 5.41) is 0.406. The predicted octanol–water partition coefficient (Wildman–Crippen LogP) is 4.06. The van der Waals surface area contributed by atoms with Crippen LogP contribution in [0.25, 0.3) is 11.3 Å². The fraction of sp³-hybridized carbons (Fsp3) is 0.231. The zero-order valence-corrected chi connectivity index (χ0v) is 10.4. The van der Waals surface area contributed by atoms with E-state index >= 15 is 0 Å². The molecule has 4 heteroatoms. The smallest absolute Gasteiger partial charge is 0.133 e. The Hall–Kier alpha value is -1.48. The second kappa shape index (κ2) is 4.80. The van der Waals surface area contributed by atoms with Gasteiger partial charge in [-0.2, -0.15) is 0 Å². The van der Waals surface area contributed by atoms with E-state index in [1.807, 2.05) is 13.8 Å². The molecule has 0 N–H and O–H groups in total. The normalized spacial score (nSPS) is 10.9. The third kappa shape index (κ3) is 2.80. The molecule has 2 aromatic rings. The fourth-order valence-corrected chi connectivity index (χ4v) is 1.65. The Bertz CT molecular complexity index is 523. The van der Waals surface area contributed by atoms with Crippen molar-refractivity contribution >= 4 is 11.6 Å². The maximum atomic E-state index is 12.8.